The summed E-state index contributed by atoms with van der Waals surface area (Å²) in [6, 6.07) is 6.94. The Kier molecular flexibility index (Phi) is 3.07. The Morgan fingerprint density at radius 2 is 1.90 bits per heavy atom. The molecular weight excluding hydrogens is 246 g/mol. The van der Waals surface area contributed by atoms with Gasteiger partial charge < -0.3 is 9.32 Å². The van der Waals surface area contributed by atoms with E-state index < -0.39 is 0 Å². The lowest BCUT2D eigenvalue weighted by Crippen LogP contribution is -2.29. The third-order valence-electron chi connectivity index (χ3n) is 5.17. The van der Waals surface area contributed by atoms with Gasteiger partial charge in [-0.3, -0.25) is 0 Å². The molecule has 106 valence electrons. The van der Waals surface area contributed by atoms with Gasteiger partial charge in [0.15, 0.2) is 0 Å². The number of hydrogen-bond acceptors (Lipinski definition) is 2. The fourth-order valence-electron chi connectivity index (χ4n) is 3.88. The summed E-state index contributed by atoms with van der Waals surface area (Å²) in [6.45, 7) is 2.46. The number of fused-ring (bicyclic) bond motifs is 3. The Hall–Kier alpha value is -1.28. The van der Waals surface area contributed by atoms with Crippen molar-refractivity contribution in [1.29, 1.82) is 0 Å². The highest BCUT2D eigenvalue weighted by Crippen LogP contribution is 2.35. The molecule has 2 aliphatic rings. The number of aryl methyl sites for hydroxylation is 2. The molecule has 1 fully saturated rings. The van der Waals surface area contributed by atoms with Crippen molar-refractivity contribution in [3.8, 4) is 0 Å². The van der Waals surface area contributed by atoms with Crippen molar-refractivity contribution in [3.63, 3.8) is 0 Å². The third-order valence-corrected chi connectivity index (χ3v) is 5.17. The molecule has 2 aromatic rings. The fourth-order valence-corrected chi connectivity index (χ4v) is 3.88. The molecule has 0 atom stereocenters. The van der Waals surface area contributed by atoms with Crippen LogP contribution >= 0.6 is 0 Å². The average Bonchev–Trinajstić information content (AvgIpc) is 2.86. The summed E-state index contributed by atoms with van der Waals surface area (Å²) in [4.78, 5) is 2.44. The number of nitrogens with zero attached hydrogens (tertiary/aromatic N) is 1. The van der Waals surface area contributed by atoms with Gasteiger partial charge in [-0.15, -0.1) is 0 Å². The number of benzene rings is 1. The predicted octanol–water partition coefficient (Wildman–Crippen LogP) is 4.12. The van der Waals surface area contributed by atoms with Crippen molar-refractivity contribution in [2.75, 3.05) is 20.1 Å². The van der Waals surface area contributed by atoms with E-state index in [1.165, 1.54) is 67.5 Å². The Balaban J connectivity index is 1.71. The molecule has 0 saturated carbocycles. The second-order valence-corrected chi connectivity index (χ2v) is 6.54. The number of furan rings is 1. The molecule has 1 aromatic heterocycles. The smallest absolute Gasteiger partial charge is 0.134 e. The molecule has 1 saturated heterocycles. The van der Waals surface area contributed by atoms with Crippen LogP contribution in [-0.4, -0.2) is 25.0 Å². The van der Waals surface area contributed by atoms with Crippen LogP contribution in [0.15, 0.2) is 22.6 Å². The zero-order valence-corrected chi connectivity index (χ0v) is 12.3. The van der Waals surface area contributed by atoms with Crippen molar-refractivity contribution in [3.05, 3.63) is 35.1 Å². The summed E-state index contributed by atoms with van der Waals surface area (Å²) >= 11 is 0. The minimum Gasteiger partial charge on any atom is -0.461 e. The van der Waals surface area contributed by atoms with Crippen molar-refractivity contribution >= 4 is 11.0 Å². The molecule has 0 amide bonds. The first-order valence-electron chi connectivity index (χ1n) is 8.04. The molecule has 4 rings (SSSR count). The quantitative estimate of drug-likeness (QED) is 0.774. The number of hydrogen-bond donors (Lipinski definition) is 0. The highest BCUT2D eigenvalue weighted by atomic mass is 16.3. The van der Waals surface area contributed by atoms with Crippen molar-refractivity contribution < 1.29 is 4.42 Å². The van der Waals surface area contributed by atoms with Crippen molar-refractivity contribution in [2.45, 2.75) is 44.4 Å². The third kappa shape index (κ3) is 2.07. The second-order valence-electron chi connectivity index (χ2n) is 6.54. The first kappa shape index (κ1) is 12.5. The molecule has 2 nitrogen and oxygen atoms in total. The Morgan fingerprint density at radius 3 is 2.75 bits per heavy atom. The highest BCUT2D eigenvalue weighted by Gasteiger charge is 2.21. The molecule has 0 unspecified atom stereocenters. The van der Waals surface area contributed by atoms with Gasteiger partial charge in [-0.1, -0.05) is 6.07 Å². The summed E-state index contributed by atoms with van der Waals surface area (Å²) in [7, 11) is 2.23. The van der Waals surface area contributed by atoms with Gasteiger partial charge in [0.25, 0.3) is 0 Å². The van der Waals surface area contributed by atoms with Crippen LogP contribution in [-0.2, 0) is 12.8 Å². The molecule has 1 aromatic carbocycles. The van der Waals surface area contributed by atoms with Crippen LogP contribution in [0.3, 0.4) is 0 Å². The molecule has 0 N–H and O–H groups in total. The van der Waals surface area contributed by atoms with Gasteiger partial charge in [0.2, 0.25) is 0 Å². The molecule has 1 aliphatic heterocycles. The van der Waals surface area contributed by atoms with Crippen LogP contribution in [0.1, 0.15) is 48.5 Å². The number of rotatable bonds is 1. The van der Waals surface area contributed by atoms with Crippen molar-refractivity contribution in [2.24, 2.45) is 0 Å². The maximum absolute atomic E-state index is 6.04. The molecular formula is C18H23NO. The first-order chi connectivity index (χ1) is 9.81. The molecule has 0 spiro atoms. The Morgan fingerprint density at radius 1 is 1.10 bits per heavy atom. The van der Waals surface area contributed by atoms with E-state index in [0.717, 1.165) is 17.9 Å². The molecule has 2 heterocycles. The maximum Gasteiger partial charge on any atom is 0.134 e. The highest BCUT2D eigenvalue weighted by molar-refractivity contribution is 5.83. The van der Waals surface area contributed by atoms with Crippen molar-refractivity contribution in [1.82, 2.24) is 4.90 Å². The zero-order valence-electron chi connectivity index (χ0n) is 12.3. The van der Waals surface area contributed by atoms with Gasteiger partial charge in [0, 0.05) is 17.4 Å². The van der Waals surface area contributed by atoms with Gasteiger partial charge in [0.1, 0.15) is 11.3 Å². The van der Waals surface area contributed by atoms with E-state index in [4.69, 9.17) is 4.42 Å². The lowest BCUT2D eigenvalue weighted by atomic mass is 9.88. The summed E-state index contributed by atoms with van der Waals surface area (Å²) in [6.07, 6.45) is 7.53. The summed E-state index contributed by atoms with van der Waals surface area (Å²) in [5.74, 6) is 2.00. The van der Waals surface area contributed by atoms with E-state index in [-0.39, 0.29) is 0 Å². The van der Waals surface area contributed by atoms with Gasteiger partial charge in [-0.2, -0.15) is 0 Å². The van der Waals surface area contributed by atoms with E-state index in [1.807, 2.05) is 0 Å². The molecule has 0 bridgehead atoms. The van der Waals surface area contributed by atoms with E-state index >= 15 is 0 Å². The SMILES string of the molecule is CN1CCC(c2ccc3oc4c(c3c2)CCCC4)CC1. The first-order valence-corrected chi connectivity index (χ1v) is 8.04. The van der Waals surface area contributed by atoms with E-state index in [0.29, 0.717) is 0 Å². The van der Waals surface area contributed by atoms with E-state index in [2.05, 4.69) is 30.1 Å². The van der Waals surface area contributed by atoms with Gasteiger partial charge >= 0.3 is 0 Å². The topological polar surface area (TPSA) is 16.4 Å². The van der Waals surface area contributed by atoms with Crippen LogP contribution in [0.2, 0.25) is 0 Å². The minimum atomic E-state index is 0.741. The van der Waals surface area contributed by atoms with Crippen LogP contribution in [0.5, 0.6) is 0 Å². The summed E-state index contributed by atoms with van der Waals surface area (Å²) in [5.41, 5.74) is 4.13. The summed E-state index contributed by atoms with van der Waals surface area (Å²) < 4.78 is 6.04. The molecule has 1 aliphatic carbocycles. The predicted molar refractivity (Wildman–Crippen MR) is 82.3 cm³/mol. The fraction of sp³-hybridized carbons (Fsp3) is 0.556. The van der Waals surface area contributed by atoms with Gasteiger partial charge in [-0.25, -0.2) is 0 Å². The Bertz CT molecular complexity index is 620. The van der Waals surface area contributed by atoms with Crippen LogP contribution < -0.4 is 0 Å². The normalized spacial score (nSPS) is 21.2. The average molecular weight is 269 g/mol. The lowest BCUT2D eigenvalue weighted by molar-refractivity contribution is 0.255. The standard InChI is InChI=1S/C18H23NO/c1-19-10-8-13(9-11-19)14-6-7-18-16(12-14)15-4-2-3-5-17(15)20-18/h6-7,12-13H,2-5,8-11H2,1H3. The Labute approximate surface area is 120 Å². The van der Waals surface area contributed by atoms with Gasteiger partial charge in [0.05, 0.1) is 0 Å². The van der Waals surface area contributed by atoms with Gasteiger partial charge in [-0.05, 0) is 75.9 Å². The zero-order chi connectivity index (χ0) is 13.5. The minimum absolute atomic E-state index is 0.741. The molecule has 0 radical (unpaired) electrons. The largest absolute Gasteiger partial charge is 0.461 e. The summed E-state index contributed by atoms with van der Waals surface area (Å²) in [5, 5.41) is 1.40. The monoisotopic (exact) mass is 269 g/mol. The number of likely N-dealkylation sites (tertiary alicyclic amines) is 1. The van der Waals surface area contributed by atoms with E-state index in [9.17, 15) is 0 Å². The number of piperidine rings is 1. The molecule has 2 heteroatoms. The maximum atomic E-state index is 6.04. The lowest BCUT2D eigenvalue weighted by Gasteiger charge is -2.29. The van der Waals surface area contributed by atoms with Crippen LogP contribution in [0, 0.1) is 0 Å². The van der Waals surface area contributed by atoms with Crippen LogP contribution in [0.25, 0.3) is 11.0 Å². The van der Waals surface area contributed by atoms with Crippen LogP contribution in [0.4, 0.5) is 0 Å². The van der Waals surface area contributed by atoms with E-state index in [1.54, 1.807) is 0 Å². The second kappa shape index (κ2) is 4.92. The molecule has 20 heavy (non-hydrogen) atoms.